The Morgan fingerprint density at radius 1 is 0.692 bits per heavy atom. The molecular formula is C22H42O4. The predicted molar refractivity (Wildman–Crippen MR) is 107 cm³/mol. The van der Waals surface area contributed by atoms with Gasteiger partial charge in [-0.1, -0.05) is 65.2 Å². The second-order valence-electron chi connectivity index (χ2n) is 7.35. The second kappa shape index (κ2) is 18.7. The molecule has 0 rings (SSSR count). The van der Waals surface area contributed by atoms with Gasteiger partial charge in [-0.3, -0.25) is 9.59 Å². The maximum atomic E-state index is 11.8. The van der Waals surface area contributed by atoms with Crippen LogP contribution >= 0.6 is 0 Å². The molecule has 0 N–H and O–H groups in total. The number of carbonyl (C=O) groups is 2. The highest BCUT2D eigenvalue weighted by molar-refractivity contribution is 5.69. The van der Waals surface area contributed by atoms with Crippen molar-refractivity contribution in [1.29, 1.82) is 0 Å². The Bertz CT molecular complexity index is 341. The number of hydrogen-bond donors (Lipinski definition) is 0. The number of unbranched alkanes of at least 4 members (excludes halogenated alkanes) is 9. The number of rotatable bonds is 18. The highest BCUT2D eigenvalue weighted by atomic mass is 16.5. The van der Waals surface area contributed by atoms with E-state index in [0.29, 0.717) is 19.4 Å². The van der Waals surface area contributed by atoms with Gasteiger partial charge >= 0.3 is 11.9 Å². The van der Waals surface area contributed by atoms with Crippen molar-refractivity contribution in [2.24, 2.45) is 0 Å². The van der Waals surface area contributed by atoms with Gasteiger partial charge in [-0.25, -0.2) is 0 Å². The molecule has 0 fully saturated rings. The molecular weight excluding hydrogens is 328 g/mol. The summed E-state index contributed by atoms with van der Waals surface area (Å²) in [7, 11) is 0. The highest BCUT2D eigenvalue weighted by Gasteiger charge is 2.09. The predicted octanol–water partition coefficient (Wildman–Crippen LogP) is 6.35. The molecule has 0 saturated heterocycles. The average Bonchev–Trinajstić information content (AvgIpc) is 2.61. The minimum absolute atomic E-state index is 0.0516. The van der Waals surface area contributed by atoms with Crippen molar-refractivity contribution < 1.29 is 19.1 Å². The van der Waals surface area contributed by atoms with Crippen LogP contribution in [0.5, 0.6) is 0 Å². The van der Waals surface area contributed by atoms with Gasteiger partial charge < -0.3 is 9.47 Å². The van der Waals surface area contributed by atoms with E-state index in [4.69, 9.17) is 9.47 Å². The molecule has 0 aliphatic rings. The monoisotopic (exact) mass is 370 g/mol. The lowest BCUT2D eigenvalue weighted by molar-refractivity contribution is -0.148. The minimum atomic E-state index is -0.0584. The zero-order chi connectivity index (χ0) is 19.5. The third-order valence-corrected chi connectivity index (χ3v) is 4.57. The molecule has 0 aliphatic heterocycles. The summed E-state index contributed by atoms with van der Waals surface area (Å²) in [5, 5.41) is 0. The van der Waals surface area contributed by atoms with Crippen LogP contribution in [0.1, 0.15) is 117 Å². The fourth-order valence-corrected chi connectivity index (χ4v) is 2.88. The van der Waals surface area contributed by atoms with Crippen molar-refractivity contribution in [2.75, 3.05) is 6.61 Å². The molecule has 0 aromatic rings. The summed E-state index contributed by atoms with van der Waals surface area (Å²) in [4.78, 5) is 23.3. The van der Waals surface area contributed by atoms with E-state index in [1.807, 2.05) is 6.92 Å². The van der Waals surface area contributed by atoms with Gasteiger partial charge in [0.05, 0.1) is 12.7 Å². The first kappa shape index (κ1) is 24.9. The third kappa shape index (κ3) is 17.8. The summed E-state index contributed by atoms with van der Waals surface area (Å²) in [6.45, 7) is 6.87. The Morgan fingerprint density at radius 3 is 1.85 bits per heavy atom. The van der Waals surface area contributed by atoms with E-state index in [9.17, 15) is 9.59 Å². The Hall–Kier alpha value is -1.06. The first-order valence-electron chi connectivity index (χ1n) is 10.9. The molecule has 0 aromatic carbocycles. The molecule has 1 unspecified atom stereocenters. The molecule has 26 heavy (non-hydrogen) atoms. The minimum Gasteiger partial charge on any atom is -0.466 e. The summed E-state index contributed by atoms with van der Waals surface area (Å²) in [6.07, 6.45) is 15.0. The molecule has 0 radical (unpaired) electrons. The highest BCUT2D eigenvalue weighted by Crippen LogP contribution is 2.11. The molecule has 1 atom stereocenters. The molecule has 0 amide bonds. The average molecular weight is 371 g/mol. The van der Waals surface area contributed by atoms with E-state index >= 15 is 0 Å². The van der Waals surface area contributed by atoms with Crippen LogP contribution in [0.15, 0.2) is 0 Å². The molecule has 0 aromatic heterocycles. The lowest BCUT2D eigenvalue weighted by Gasteiger charge is -2.12. The topological polar surface area (TPSA) is 52.6 Å². The number of hydrogen-bond acceptors (Lipinski definition) is 4. The van der Waals surface area contributed by atoms with Crippen LogP contribution in [0.25, 0.3) is 0 Å². The zero-order valence-electron chi connectivity index (χ0n) is 17.5. The lowest BCUT2D eigenvalue weighted by Crippen LogP contribution is -2.14. The largest absolute Gasteiger partial charge is 0.466 e. The van der Waals surface area contributed by atoms with Crippen molar-refractivity contribution in [2.45, 2.75) is 123 Å². The van der Waals surface area contributed by atoms with Gasteiger partial charge in [0.15, 0.2) is 0 Å². The van der Waals surface area contributed by atoms with E-state index < -0.39 is 0 Å². The summed E-state index contributed by atoms with van der Waals surface area (Å²) in [5.74, 6) is -0.114. The SMILES string of the molecule is CCCCCOC(=O)CCCCCCCCC(=O)OC(C)CCCCC. The van der Waals surface area contributed by atoms with Crippen LogP contribution in [-0.2, 0) is 19.1 Å². The fourth-order valence-electron chi connectivity index (χ4n) is 2.88. The van der Waals surface area contributed by atoms with Crippen molar-refractivity contribution in [3.63, 3.8) is 0 Å². The number of carbonyl (C=O) groups excluding carboxylic acids is 2. The summed E-state index contributed by atoms with van der Waals surface area (Å²) < 4.78 is 10.6. The van der Waals surface area contributed by atoms with E-state index in [2.05, 4.69) is 13.8 Å². The Labute approximate surface area is 161 Å². The van der Waals surface area contributed by atoms with Gasteiger partial charge in [0.1, 0.15) is 0 Å². The van der Waals surface area contributed by atoms with Gasteiger partial charge in [-0.15, -0.1) is 0 Å². The van der Waals surface area contributed by atoms with Gasteiger partial charge in [0, 0.05) is 12.8 Å². The molecule has 0 bridgehead atoms. The van der Waals surface area contributed by atoms with Gasteiger partial charge in [0.2, 0.25) is 0 Å². The van der Waals surface area contributed by atoms with E-state index in [0.717, 1.165) is 70.6 Å². The van der Waals surface area contributed by atoms with Crippen molar-refractivity contribution in [1.82, 2.24) is 0 Å². The van der Waals surface area contributed by atoms with Crippen LogP contribution in [-0.4, -0.2) is 24.6 Å². The summed E-state index contributed by atoms with van der Waals surface area (Å²) in [5.41, 5.74) is 0. The van der Waals surface area contributed by atoms with Crippen LogP contribution in [0.3, 0.4) is 0 Å². The molecule has 0 saturated carbocycles. The van der Waals surface area contributed by atoms with E-state index in [1.165, 1.54) is 12.8 Å². The molecule has 0 heterocycles. The lowest BCUT2D eigenvalue weighted by atomic mass is 10.1. The van der Waals surface area contributed by atoms with Crippen LogP contribution in [0.2, 0.25) is 0 Å². The van der Waals surface area contributed by atoms with Gasteiger partial charge in [0.25, 0.3) is 0 Å². The Morgan fingerprint density at radius 2 is 1.23 bits per heavy atom. The first-order valence-corrected chi connectivity index (χ1v) is 10.9. The first-order chi connectivity index (χ1) is 12.6. The van der Waals surface area contributed by atoms with E-state index in [-0.39, 0.29) is 18.0 Å². The molecule has 0 spiro atoms. The molecule has 4 nitrogen and oxygen atoms in total. The van der Waals surface area contributed by atoms with Crippen LogP contribution in [0, 0.1) is 0 Å². The summed E-state index contributed by atoms with van der Waals surface area (Å²) >= 11 is 0. The van der Waals surface area contributed by atoms with Gasteiger partial charge in [-0.05, 0) is 39.0 Å². The quantitative estimate of drug-likeness (QED) is 0.208. The van der Waals surface area contributed by atoms with E-state index in [1.54, 1.807) is 0 Å². The Kier molecular flexibility index (Phi) is 18.0. The van der Waals surface area contributed by atoms with Crippen molar-refractivity contribution in [3.8, 4) is 0 Å². The van der Waals surface area contributed by atoms with Gasteiger partial charge in [-0.2, -0.15) is 0 Å². The zero-order valence-corrected chi connectivity index (χ0v) is 17.5. The van der Waals surface area contributed by atoms with Crippen LogP contribution < -0.4 is 0 Å². The molecule has 4 heteroatoms. The number of esters is 2. The Balaban J connectivity index is 3.37. The number of ether oxygens (including phenoxy) is 2. The smallest absolute Gasteiger partial charge is 0.306 e. The fraction of sp³-hybridized carbons (Fsp3) is 0.909. The maximum Gasteiger partial charge on any atom is 0.306 e. The summed E-state index contributed by atoms with van der Waals surface area (Å²) in [6, 6.07) is 0. The van der Waals surface area contributed by atoms with Crippen LogP contribution in [0.4, 0.5) is 0 Å². The standard InChI is InChI=1S/C22H42O4/c1-4-6-12-16-20(3)26-22(24)18-14-11-9-8-10-13-17-21(23)25-19-15-7-5-2/h20H,4-19H2,1-3H3. The molecule has 0 aliphatic carbocycles. The van der Waals surface area contributed by atoms with Crippen molar-refractivity contribution in [3.05, 3.63) is 0 Å². The third-order valence-electron chi connectivity index (χ3n) is 4.57. The molecule has 154 valence electrons. The van der Waals surface area contributed by atoms with Crippen molar-refractivity contribution >= 4 is 11.9 Å². The second-order valence-corrected chi connectivity index (χ2v) is 7.35. The maximum absolute atomic E-state index is 11.8. The normalized spacial score (nSPS) is 12.0.